The number of hydrogen-bond donors (Lipinski definition) is 1. The van der Waals surface area contributed by atoms with Crippen molar-refractivity contribution >= 4 is 16.1 Å². The molecule has 122 valence electrons. The lowest BCUT2D eigenvalue weighted by molar-refractivity contribution is -0.284. The fourth-order valence-corrected chi connectivity index (χ4v) is 3.11. The van der Waals surface area contributed by atoms with Crippen LogP contribution < -0.4 is 0 Å². The summed E-state index contributed by atoms with van der Waals surface area (Å²) >= 11 is 0. The molecule has 0 amide bonds. The molecule has 2 rings (SSSR count). The second-order valence-electron chi connectivity index (χ2n) is 5.60. The van der Waals surface area contributed by atoms with Crippen LogP contribution in [-0.4, -0.2) is 48.8 Å². The lowest BCUT2D eigenvalue weighted by Crippen LogP contribution is -2.59. The molecule has 0 aromatic carbocycles. The first-order chi connectivity index (χ1) is 9.47. The van der Waals surface area contributed by atoms with Crippen molar-refractivity contribution in [3.63, 3.8) is 0 Å². The number of fused-ring (bicyclic) bond motifs is 2. The molecule has 1 N–H and O–H groups in total. The Morgan fingerprint density at radius 2 is 2.10 bits per heavy atom. The highest BCUT2D eigenvalue weighted by atomic mass is 32.2. The molecule has 1 aliphatic heterocycles. The average Bonchev–Trinajstić information content (AvgIpc) is 2.32. The van der Waals surface area contributed by atoms with Crippen molar-refractivity contribution in [2.45, 2.75) is 49.8 Å². The van der Waals surface area contributed by atoms with Crippen molar-refractivity contribution in [3.05, 3.63) is 0 Å². The van der Waals surface area contributed by atoms with Gasteiger partial charge < -0.3 is 14.2 Å². The van der Waals surface area contributed by atoms with Crippen molar-refractivity contribution in [2.24, 2.45) is 5.92 Å². The van der Waals surface area contributed by atoms with E-state index >= 15 is 0 Å². The van der Waals surface area contributed by atoms with Gasteiger partial charge in [0.1, 0.15) is 18.5 Å². The fraction of sp³-hybridized carbons (Fsp3) is 0.909. The van der Waals surface area contributed by atoms with E-state index in [0.29, 0.717) is 12.8 Å². The van der Waals surface area contributed by atoms with Gasteiger partial charge in [-0.3, -0.25) is 4.55 Å². The highest BCUT2D eigenvalue weighted by molar-refractivity contribution is 7.87. The Morgan fingerprint density at radius 1 is 1.48 bits per heavy atom. The molecule has 1 saturated heterocycles. The van der Waals surface area contributed by atoms with Crippen molar-refractivity contribution in [3.8, 4) is 0 Å². The van der Waals surface area contributed by atoms with E-state index in [2.05, 4.69) is 4.74 Å². The molecule has 2 bridgehead atoms. The van der Waals surface area contributed by atoms with Crippen molar-refractivity contribution in [2.75, 3.05) is 6.79 Å². The van der Waals surface area contributed by atoms with Gasteiger partial charge in [-0.2, -0.15) is 17.2 Å². The van der Waals surface area contributed by atoms with Crippen LogP contribution in [0, 0.1) is 5.92 Å². The summed E-state index contributed by atoms with van der Waals surface area (Å²) in [5, 5.41) is -5.01. The molecule has 1 aliphatic carbocycles. The largest absolute Gasteiger partial charge is 0.465 e. The van der Waals surface area contributed by atoms with Crippen LogP contribution in [0.25, 0.3) is 0 Å². The third-order valence-electron chi connectivity index (χ3n) is 3.87. The predicted molar refractivity (Wildman–Crippen MR) is 64.0 cm³/mol. The van der Waals surface area contributed by atoms with Crippen LogP contribution in [0.5, 0.6) is 0 Å². The van der Waals surface area contributed by atoms with Gasteiger partial charge in [-0.05, 0) is 19.3 Å². The van der Waals surface area contributed by atoms with Gasteiger partial charge in [-0.1, -0.05) is 6.92 Å². The van der Waals surface area contributed by atoms with Gasteiger partial charge in [0.25, 0.3) is 0 Å². The van der Waals surface area contributed by atoms with Crippen LogP contribution in [0.1, 0.15) is 26.7 Å². The molecule has 0 radical (unpaired) electrons. The van der Waals surface area contributed by atoms with Gasteiger partial charge >= 0.3 is 21.3 Å². The van der Waals surface area contributed by atoms with Gasteiger partial charge in [0, 0.05) is 6.42 Å². The maximum atomic E-state index is 13.3. The minimum absolute atomic E-state index is 0.0589. The van der Waals surface area contributed by atoms with Gasteiger partial charge in [-0.25, -0.2) is 4.79 Å². The van der Waals surface area contributed by atoms with E-state index in [0.717, 1.165) is 0 Å². The SMILES string of the molecule is CC1CC2CC(C)(OCO2)C1OC(=O)C(F)(F)S(=O)(=O)O. The van der Waals surface area contributed by atoms with Crippen LogP contribution >= 0.6 is 0 Å². The Balaban J connectivity index is 2.20. The summed E-state index contributed by atoms with van der Waals surface area (Å²) in [5.74, 6) is -2.67. The van der Waals surface area contributed by atoms with Crippen molar-refractivity contribution in [1.29, 1.82) is 0 Å². The topological polar surface area (TPSA) is 99.1 Å². The standard InChI is InChI=1S/C11H16F2O7S/c1-6-3-7-4-10(2,19-5-18-7)8(6)20-9(14)11(12,13)21(15,16)17/h6-8H,3-5H2,1-2H3,(H,15,16,17). The molecule has 4 unspecified atom stereocenters. The lowest BCUT2D eigenvalue weighted by Gasteiger charge is -2.49. The smallest absolute Gasteiger partial charge is 0.454 e. The summed E-state index contributed by atoms with van der Waals surface area (Å²) in [5.41, 5.74) is -1.04. The number of alkyl halides is 2. The summed E-state index contributed by atoms with van der Waals surface area (Å²) in [6, 6.07) is 0. The average molecular weight is 330 g/mol. The lowest BCUT2D eigenvalue weighted by atomic mass is 9.75. The van der Waals surface area contributed by atoms with Crippen LogP contribution in [-0.2, 0) is 29.1 Å². The van der Waals surface area contributed by atoms with E-state index in [4.69, 9.17) is 14.0 Å². The zero-order chi connectivity index (χ0) is 16.1. The Labute approximate surface area is 120 Å². The molecule has 1 saturated carbocycles. The molecular formula is C11H16F2O7S. The van der Waals surface area contributed by atoms with E-state index in [9.17, 15) is 22.0 Å². The molecule has 1 heterocycles. The number of carbonyl (C=O) groups excluding carboxylic acids is 1. The zero-order valence-corrected chi connectivity index (χ0v) is 12.2. The number of esters is 1. The molecule has 0 aromatic rings. The number of carbonyl (C=O) groups is 1. The van der Waals surface area contributed by atoms with Crippen LogP contribution in [0.15, 0.2) is 0 Å². The Morgan fingerprint density at radius 3 is 2.67 bits per heavy atom. The van der Waals surface area contributed by atoms with Gasteiger partial charge in [0.15, 0.2) is 0 Å². The maximum absolute atomic E-state index is 13.3. The molecule has 2 aliphatic rings. The summed E-state index contributed by atoms with van der Waals surface area (Å²) in [7, 11) is -5.88. The second-order valence-corrected chi connectivity index (χ2v) is 7.06. The highest BCUT2D eigenvalue weighted by Crippen LogP contribution is 2.42. The minimum Gasteiger partial charge on any atom is -0.454 e. The maximum Gasteiger partial charge on any atom is 0.465 e. The first kappa shape index (κ1) is 16.5. The Hall–Kier alpha value is -0.840. The molecule has 21 heavy (non-hydrogen) atoms. The van der Waals surface area contributed by atoms with Crippen LogP contribution in [0.2, 0.25) is 0 Å². The van der Waals surface area contributed by atoms with E-state index in [1.54, 1.807) is 13.8 Å². The van der Waals surface area contributed by atoms with Gasteiger partial charge in [0.05, 0.1) is 6.10 Å². The zero-order valence-electron chi connectivity index (χ0n) is 11.4. The third kappa shape index (κ3) is 2.89. The summed E-state index contributed by atoms with van der Waals surface area (Å²) < 4.78 is 71.5. The van der Waals surface area contributed by atoms with Crippen LogP contribution in [0.4, 0.5) is 8.78 Å². The first-order valence-corrected chi connectivity index (χ1v) is 7.73. The van der Waals surface area contributed by atoms with E-state index in [1.807, 2.05) is 0 Å². The van der Waals surface area contributed by atoms with E-state index in [1.165, 1.54) is 0 Å². The van der Waals surface area contributed by atoms with Crippen LogP contribution in [0.3, 0.4) is 0 Å². The molecule has 2 fully saturated rings. The monoisotopic (exact) mass is 330 g/mol. The Kier molecular flexibility index (Phi) is 4.02. The number of rotatable bonds is 3. The normalized spacial score (nSPS) is 37.1. The summed E-state index contributed by atoms with van der Waals surface area (Å²) in [6.45, 7) is 3.18. The molecule has 10 heteroatoms. The number of ether oxygens (including phenoxy) is 3. The molecule has 0 spiro atoms. The van der Waals surface area contributed by atoms with E-state index in [-0.39, 0.29) is 18.8 Å². The number of halogens is 2. The molecule has 7 nitrogen and oxygen atoms in total. The number of hydrogen-bond acceptors (Lipinski definition) is 6. The third-order valence-corrected chi connectivity index (χ3v) is 4.69. The van der Waals surface area contributed by atoms with Crippen molar-refractivity contribution < 1.29 is 40.8 Å². The van der Waals surface area contributed by atoms with E-state index < -0.39 is 33.0 Å². The molecular weight excluding hydrogens is 314 g/mol. The highest BCUT2D eigenvalue weighted by Gasteiger charge is 2.58. The quantitative estimate of drug-likeness (QED) is 0.607. The summed E-state index contributed by atoms with van der Waals surface area (Å²) in [4.78, 5) is 11.4. The minimum atomic E-state index is -5.88. The summed E-state index contributed by atoms with van der Waals surface area (Å²) in [6.07, 6.45) is -0.380. The van der Waals surface area contributed by atoms with Gasteiger partial charge in [0.2, 0.25) is 0 Å². The van der Waals surface area contributed by atoms with Crippen molar-refractivity contribution in [1.82, 2.24) is 0 Å². The molecule has 0 aromatic heterocycles. The Bertz CT molecular complexity index is 535. The second kappa shape index (κ2) is 5.11. The fourth-order valence-electron chi connectivity index (χ4n) is 2.85. The molecule has 4 atom stereocenters. The van der Waals surface area contributed by atoms with Gasteiger partial charge in [-0.15, -0.1) is 0 Å². The first-order valence-electron chi connectivity index (χ1n) is 6.29. The predicted octanol–water partition coefficient (Wildman–Crippen LogP) is 0.940.